The van der Waals surface area contributed by atoms with Gasteiger partial charge in [-0.05, 0) is 33.1 Å². The smallest absolute Gasteiger partial charge is 0.0616 e. The van der Waals surface area contributed by atoms with E-state index in [2.05, 4.69) is 0 Å². The average Bonchev–Trinajstić information content (AvgIpc) is 2.20. The minimum Gasteiger partial charge on any atom is -0.396 e. The van der Waals surface area contributed by atoms with E-state index < -0.39 is 17.8 Å². The summed E-state index contributed by atoms with van der Waals surface area (Å²) in [5, 5.41) is 37.6. The van der Waals surface area contributed by atoms with Crippen molar-refractivity contribution in [3.63, 3.8) is 0 Å². The highest BCUT2D eigenvalue weighted by atomic mass is 16.3. The molecular weight excluding hydrogens is 232 g/mol. The molecule has 2 unspecified atom stereocenters. The molecule has 0 spiro atoms. The monoisotopic (exact) mass is 262 g/mol. The number of rotatable bonds is 11. The van der Waals surface area contributed by atoms with Crippen LogP contribution >= 0.6 is 0 Å². The van der Waals surface area contributed by atoms with Crippen molar-refractivity contribution in [1.29, 1.82) is 0 Å². The number of hydrogen-bond acceptors (Lipinski definition) is 4. The normalized spacial score (nSPS) is 15.7. The van der Waals surface area contributed by atoms with Gasteiger partial charge in [0.15, 0.2) is 0 Å². The standard InChI is InChI=1S/C14H30O4/c1-14(2,18)11-13(17)10-12(16)8-6-4-3-5-7-9-15/h12-13,15-18H,3-11H2,1-2H3. The van der Waals surface area contributed by atoms with Crippen molar-refractivity contribution >= 4 is 0 Å². The molecule has 0 fully saturated rings. The first-order valence-electron chi connectivity index (χ1n) is 7.04. The molecule has 0 aliphatic rings. The SMILES string of the molecule is CC(C)(O)CC(O)CC(O)CCCCCCCO. The summed E-state index contributed by atoms with van der Waals surface area (Å²) in [6.07, 6.45) is 5.17. The molecule has 18 heavy (non-hydrogen) atoms. The molecule has 0 amide bonds. The molecule has 0 rings (SSSR count). The number of hydrogen-bond donors (Lipinski definition) is 4. The second-order valence-corrected chi connectivity index (χ2v) is 5.84. The molecule has 0 saturated carbocycles. The van der Waals surface area contributed by atoms with Gasteiger partial charge in [0.2, 0.25) is 0 Å². The minimum absolute atomic E-state index is 0.256. The second kappa shape index (κ2) is 9.73. The third-order valence-corrected chi connectivity index (χ3v) is 2.97. The quantitative estimate of drug-likeness (QED) is 0.426. The van der Waals surface area contributed by atoms with E-state index in [0.717, 1.165) is 32.1 Å². The molecule has 0 heterocycles. The van der Waals surface area contributed by atoms with Gasteiger partial charge in [0.25, 0.3) is 0 Å². The van der Waals surface area contributed by atoms with Gasteiger partial charge in [-0.3, -0.25) is 0 Å². The molecule has 0 bridgehead atoms. The highest BCUT2D eigenvalue weighted by Gasteiger charge is 2.20. The Morgan fingerprint density at radius 2 is 1.44 bits per heavy atom. The minimum atomic E-state index is -0.885. The zero-order valence-electron chi connectivity index (χ0n) is 11.8. The van der Waals surface area contributed by atoms with Gasteiger partial charge in [-0.15, -0.1) is 0 Å². The van der Waals surface area contributed by atoms with E-state index in [9.17, 15) is 15.3 Å². The Morgan fingerprint density at radius 1 is 0.889 bits per heavy atom. The Bertz CT molecular complexity index is 189. The van der Waals surface area contributed by atoms with Crippen LogP contribution < -0.4 is 0 Å². The van der Waals surface area contributed by atoms with Crippen molar-refractivity contribution in [1.82, 2.24) is 0 Å². The van der Waals surface area contributed by atoms with E-state index in [-0.39, 0.29) is 6.61 Å². The van der Waals surface area contributed by atoms with Gasteiger partial charge < -0.3 is 20.4 Å². The van der Waals surface area contributed by atoms with Crippen LogP contribution in [0.1, 0.15) is 65.2 Å². The fourth-order valence-corrected chi connectivity index (χ4v) is 2.11. The Kier molecular flexibility index (Phi) is 9.64. The van der Waals surface area contributed by atoms with Crippen molar-refractivity contribution in [2.45, 2.75) is 83.0 Å². The summed E-state index contributed by atoms with van der Waals surface area (Å²) in [6.45, 7) is 3.57. The predicted octanol–water partition coefficient (Wildman–Crippen LogP) is 1.59. The first-order chi connectivity index (χ1) is 8.35. The molecule has 0 saturated heterocycles. The van der Waals surface area contributed by atoms with Crippen molar-refractivity contribution in [2.24, 2.45) is 0 Å². The van der Waals surface area contributed by atoms with E-state index in [1.807, 2.05) is 0 Å². The van der Waals surface area contributed by atoms with Crippen LogP contribution in [0, 0.1) is 0 Å². The number of aliphatic hydroxyl groups is 4. The molecule has 0 aromatic heterocycles. The number of unbranched alkanes of at least 4 members (excludes halogenated alkanes) is 4. The topological polar surface area (TPSA) is 80.9 Å². The highest BCUT2D eigenvalue weighted by molar-refractivity contribution is 4.73. The Morgan fingerprint density at radius 3 is 2.00 bits per heavy atom. The predicted molar refractivity (Wildman–Crippen MR) is 72.3 cm³/mol. The maximum Gasteiger partial charge on any atom is 0.0616 e. The summed E-state index contributed by atoms with van der Waals surface area (Å²) >= 11 is 0. The van der Waals surface area contributed by atoms with Crippen molar-refractivity contribution in [3.05, 3.63) is 0 Å². The average molecular weight is 262 g/mol. The molecule has 4 N–H and O–H groups in total. The molecule has 2 atom stereocenters. The van der Waals surface area contributed by atoms with Crippen molar-refractivity contribution < 1.29 is 20.4 Å². The van der Waals surface area contributed by atoms with Gasteiger partial charge in [-0.2, -0.15) is 0 Å². The molecule has 4 nitrogen and oxygen atoms in total. The van der Waals surface area contributed by atoms with Gasteiger partial charge in [0, 0.05) is 13.0 Å². The van der Waals surface area contributed by atoms with Gasteiger partial charge in [0.1, 0.15) is 0 Å². The van der Waals surface area contributed by atoms with Gasteiger partial charge in [0.05, 0.1) is 17.8 Å². The molecule has 0 aliphatic carbocycles. The van der Waals surface area contributed by atoms with E-state index in [1.54, 1.807) is 13.8 Å². The molecule has 0 radical (unpaired) electrons. The van der Waals surface area contributed by atoms with Crippen molar-refractivity contribution in [3.8, 4) is 0 Å². The van der Waals surface area contributed by atoms with Crippen LogP contribution in [0.15, 0.2) is 0 Å². The van der Waals surface area contributed by atoms with E-state index >= 15 is 0 Å². The Balaban J connectivity index is 3.50. The maximum absolute atomic E-state index is 9.74. The van der Waals surface area contributed by atoms with E-state index in [0.29, 0.717) is 19.3 Å². The second-order valence-electron chi connectivity index (χ2n) is 5.84. The molecule has 0 aromatic carbocycles. The zero-order chi connectivity index (χ0) is 14.0. The Hall–Kier alpha value is -0.160. The largest absolute Gasteiger partial charge is 0.396 e. The summed E-state index contributed by atoms with van der Waals surface area (Å²) in [5.74, 6) is 0. The summed E-state index contributed by atoms with van der Waals surface area (Å²) in [4.78, 5) is 0. The lowest BCUT2D eigenvalue weighted by Gasteiger charge is -2.23. The third-order valence-electron chi connectivity index (χ3n) is 2.97. The Labute approximate surface area is 111 Å². The van der Waals surface area contributed by atoms with Crippen LogP contribution in [0.4, 0.5) is 0 Å². The zero-order valence-corrected chi connectivity index (χ0v) is 11.8. The number of aliphatic hydroxyl groups excluding tert-OH is 3. The first-order valence-corrected chi connectivity index (χ1v) is 7.04. The lowest BCUT2D eigenvalue weighted by atomic mass is 9.95. The van der Waals surface area contributed by atoms with Crippen LogP contribution in [0.3, 0.4) is 0 Å². The lowest BCUT2D eigenvalue weighted by Crippen LogP contribution is -2.28. The molecule has 0 aromatic rings. The van der Waals surface area contributed by atoms with Crippen LogP contribution in [0.25, 0.3) is 0 Å². The fourth-order valence-electron chi connectivity index (χ4n) is 2.11. The summed E-state index contributed by atoms with van der Waals surface area (Å²) in [6, 6.07) is 0. The summed E-state index contributed by atoms with van der Waals surface area (Å²) in [7, 11) is 0. The van der Waals surface area contributed by atoms with Gasteiger partial charge in [-0.25, -0.2) is 0 Å². The lowest BCUT2D eigenvalue weighted by molar-refractivity contribution is -0.00254. The molecular formula is C14H30O4. The highest BCUT2D eigenvalue weighted by Crippen LogP contribution is 2.16. The summed E-state index contributed by atoms with van der Waals surface area (Å²) in [5.41, 5.74) is -0.885. The van der Waals surface area contributed by atoms with Crippen molar-refractivity contribution in [2.75, 3.05) is 6.61 Å². The molecule has 110 valence electrons. The van der Waals surface area contributed by atoms with Crippen LogP contribution in [-0.2, 0) is 0 Å². The van der Waals surface area contributed by atoms with Crippen LogP contribution in [0.2, 0.25) is 0 Å². The fraction of sp³-hybridized carbons (Fsp3) is 1.00. The van der Waals surface area contributed by atoms with E-state index in [4.69, 9.17) is 5.11 Å². The van der Waals surface area contributed by atoms with E-state index in [1.165, 1.54) is 0 Å². The maximum atomic E-state index is 9.74. The molecule has 0 aliphatic heterocycles. The summed E-state index contributed by atoms with van der Waals surface area (Å²) < 4.78 is 0. The molecule has 4 heteroatoms. The van der Waals surface area contributed by atoms with Crippen LogP contribution in [0.5, 0.6) is 0 Å². The third kappa shape index (κ3) is 12.3. The first kappa shape index (κ1) is 17.8. The van der Waals surface area contributed by atoms with Gasteiger partial charge >= 0.3 is 0 Å². The van der Waals surface area contributed by atoms with Gasteiger partial charge in [-0.1, -0.05) is 25.7 Å². The van der Waals surface area contributed by atoms with Crippen LogP contribution in [-0.4, -0.2) is 44.8 Å².